The summed E-state index contributed by atoms with van der Waals surface area (Å²) in [6.07, 6.45) is 1.24. The van der Waals surface area contributed by atoms with Gasteiger partial charge in [-0.2, -0.15) is 0 Å². The molecule has 0 saturated carbocycles. The molecule has 1 aromatic carbocycles. The Morgan fingerprint density at radius 1 is 1.13 bits per heavy atom. The van der Waals surface area contributed by atoms with Crippen molar-refractivity contribution in [3.63, 3.8) is 0 Å². The molecule has 84 valence electrons. The molecule has 0 aliphatic rings. The quantitative estimate of drug-likeness (QED) is 0.708. The Morgan fingerprint density at radius 2 is 1.73 bits per heavy atom. The maximum atomic E-state index is 5.12. The van der Waals surface area contributed by atoms with E-state index >= 15 is 0 Å². The normalized spacial score (nSPS) is 11.5. The lowest BCUT2D eigenvalue weighted by molar-refractivity contribution is 0.401. The van der Waals surface area contributed by atoms with E-state index in [0.717, 1.165) is 5.75 Å². The Labute approximate surface area is 97.2 Å². The molecule has 0 aliphatic heterocycles. The molecule has 0 heterocycles. The molecule has 1 rings (SSSR count). The van der Waals surface area contributed by atoms with Gasteiger partial charge in [-0.05, 0) is 41.9 Å². The number of rotatable bonds is 4. The smallest absolute Gasteiger partial charge is 0.118 e. The number of hydrogen-bond donors (Lipinski definition) is 0. The van der Waals surface area contributed by atoms with E-state index in [1.165, 1.54) is 17.1 Å². The van der Waals surface area contributed by atoms with Crippen LogP contribution in [0.4, 0.5) is 0 Å². The van der Waals surface area contributed by atoms with Gasteiger partial charge in [0.15, 0.2) is 0 Å². The zero-order chi connectivity index (χ0) is 11.3. The van der Waals surface area contributed by atoms with Crippen molar-refractivity contribution in [3.8, 4) is 5.75 Å². The zero-order valence-electron chi connectivity index (χ0n) is 10.0. The molecule has 0 N–H and O–H groups in total. The molecule has 15 heavy (non-hydrogen) atoms. The monoisotopic (exact) mass is 224 g/mol. The van der Waals surface area contributed by atoms with Gasteiger partial charge in [0, 0.05) is 4.90 Å². The minimum atomic E-state index is 0.430. The van der Waals surface area contributed by atoms with Crippen LogP contribution in [0.1, 0.15) is 27.2 Å². The van der Waals surface area contributed by atoms with Crippen LogP contribution in [-0.2, 0) is 0 Å². The predicted octanol–water partition coefficient (Wildman–Crippen LogP) is 4.22. The van der Waals surface area contributed by atoms with Gasteiger partial charge in [0.25, 0.3) is 0 Å². The molecular formula is C13H20OS. The second-order valence-corrected chi connectivity index (χ2v) is 6.00. The molecule has 0 spiro atoms. The minimum Gasteiger partial charge on any atom is -0.497 e. The first kappa shape index (κ1) is 12.4. The lowest BCUT2D eigenvalue weighted by Gasteiger charge is -2.17. The average Bonchev–Trinajstić information content (AvgIpc) is 2.17. The second kappa shape index (κ2) is 5.45. The fourth-order valence-corrected chi connectivity index (χ4v) is 2.43. The zero-order valence-corrected chi connectivity index (χ0v) is 10.9. The summed E-state index contributed by atoms with van der Waals surface area (Å²) in [5.74, 6) is 2.10. The van der Waals surface area contributed by atoms with Gasteiger partial charge >= 0.3 is 0 Å². The van der Waals surface area contributed by atoms with Gasteiger partial charge in [-0.25, -0.2) is 0 Å². The van der Waals surface area contributed by atoms with E-state index in [9.17, 15) is 0 Å². The van der Waals surface area contributed by atoms with Crippen molar-refractivity contribution in [2.24, 2.45) is 5.41 Å². The number of methoxy groups -OCH3 is 1. The molecule has 0 aromatic heterocycles. The SMILES string of the molecule is COc1ccc(SCCC(C)(C)C)cc1. The summed E-state index contributed by atoms with van der Waals surface area (Å²) in [4.78, 5) is 1.32. The van der Waals surface area contributed by atoms with Crippen LogP contribution < -0.4 is 4.74 Å². The van der Waals surface area contributed by atoms with E-state index in [1.807, 2.05) is 23.9 Å². The van der Waals surface area contributed by atoms with Crippen LogP contribution in [0.15, 0.2) is 29.2 Å². The van der Waals surface area contributed by atoms with Crippen molar-refractivity contribution in [3.05, 3.63) is 24.3 Å². The van der Waals surface area contributed by atoms with Crippen LogP contribution in [0.25, 0.3) is 0 Å². The summed E-state index contributed by atoms with van der Waals surface area (Å²) < 4.78 is 5.12. The van der Waals surface area contributed by atoms with Crippen LogP contribution in [0.2, 0.25) is 0 Å². The summed E-state index contributed by atoms with van der Waals surface area (Å²) in [5, 5.41) is 0. The fourth-order valence-electron chi connectivity index (χ4n) is 1.15. The fraction of sp³-hybridized carbons (Fsp3) is 0.538. The topological polar surface area (TPSA) is 9.23 Å². The third kappa shape index (κ3) is 5.12. The largest absolute Gasteiger partial charge is 0.497 e. The van der Waals surface area contributed by atoms with Crippen molar-refractivity contribution < 1.29 is 4.74 Å². The van der Waals surface area contributed by atoms with Crippen LogP contribution in [0, 0.1) is 5.41 Å². The van der Waals surface area contributed by atoms with Gasteiger partial charge in [-0.15, -0.1) is 11.8 Å². The van der Waals surface area contributed by atoms with Gasteiger partial charge < -0.3 is 4.74 Å². The molecule has 0 radical (unpaired) electrons. The summed E-state index contributed by atoms with van der Waals surface area (Å²) in [5.41, 5.74) is 0.430. The first-order valence-corrected chi connectivity index (χ1v) is 6.27. The Bertz CT molecular complexity index is 284. The molecule has 1 nitrogen and oxygen atoms in total. The first-order chi connectivity index (χ1) is 7.01. The number of thioether (sulfide) groups is 1. The Hall–Kier alpha value is -0.630. The van der Waals surface area contributed by atoms with E-state index < -0.39 is 0 Å². The lowest BCUT2D eigenvalue weighted by atomic mass is 9.94. The van der Waals surface area contributed by atoms with E-state index in [2.05, 4.69) is 32.9 Å². The summed E-state index contributed by atoms with van der Waals surface area (Å²) in [7, 11) is 1.70. The predicted molar refractivity (Wildman–Crippen MR) is 67.8 cm³/mol. The third-order valence-electron chi connectivity index (χ3n) is 2.18. The van der Waals surface area contributed by atoms with E-state index in [4.69, 9.17) is 4.74 Å². The molecule has 0 fully saturated rings. The van der Waals surface area contributed by atoms with Crippen molar-refractivity contribution in [1.82, 2.24) is 0 Å². The molecule has 0 amide bonds. The molecule has 0 aliphatic carbocycles. The highest BCUT2D eigenvalue weighted by Crippen LogP contribution is 2.26. The summed E-state index contributed by atoms with van der Waals surface area (Å²) >= 11 is 1.91. The summed E-state index contributed by atoms with van der Waals surface area (Å²) in [6.45, 7) is 6.84. The van der Waals surface area contributed by atoms with Gasteiger partial charge in [-0.1, -0.05) is 20.8 Å². The molecule has 0 unspecified atom stereocenters. The minimum absolute atomic E-state index is 0.430. The first-order valence-electron chi connectivity index (χ1n) is 5.28. The average molecular weight is 224 g/mol. The summed E-state index contributed by atoms with van der Waals surface area (Å²) in [6, 6.07) is 8.26. The molecule has 0 bridgehead atoms. The van der Waals surface area contributed by atoms with Crippen LogP contribution in [-0.4, -0.2) is 12.9 Å². The van der Waals surface area contributed by atoms with Gasteiger partial charge in [-0.3, -0.25) is 0 Å². The highest BCUT2D eigenvalue weighted by Gasteiger charge is 2.09. The third-order valence-corrected chi connectivity index (χ3v) is 3.19. The molecule has 0 atom stereocenters. The Morgan fingerprint density at radius 3 is 2.20 bits per heavy atom. The second-order valence-electron chi connectivity index (χ2n) is 4.83. The number of ether oxygens (including phenoxy) is 1. The lowest BCUT2D eigenvalue weighted by Crippen LogP contribution is -2.05. The van der Waals surface area contributed by atoms with Gasteiger partial charge in [0.05, 0.1) is 7.11 Å². The van der Waals surface area contributed by atoms with E-state index in [0.29, 0.717) is 5.41 Å². The van der Waals surface area contributed by atoms with Crippen LogP contribution in [0.5, 0.6) is 5.75 Å². The van der Waals surface area contributed by atoms with Crippen LogP contribution in [0.3, 0.4) is 0 Å². The standard InChI is InChI=1S/C13H20OS/c1-13(2,3)9-10-15-12-7-5-11(14-4)6-8-12/h5-8H,9-10H2,1-4H3. The molecule has 2 heteroatoms. The van der Waals surface area contributed by atoms with Crippen molar-refractivity contribution in [1.29, 1.82) is 0 Å². The maximum absolute atomic E-state index is 5.12. The van der Waals surface area contributed by atoms with E-state index in [1.54, 1.807) is 7.11 Å². The molecule has 1 aromatic rings. The number of hydrogen-bond acceptors (Lipinski definition) is 2. The van der Waals surface area contributed by atoms with Crippen molar-refractivity contribution in [2.45, 2.75) is 32.1 Å². The highest BCUT2D eigenvalue weighted by atomic mass is 32.2. The highest BCUT2D eigenvalue weighted by molar-refractivity contribution is 7.99. The van der Waals surface area contributed by atoms with Crippen molar-refractivity contribution >= 4 is 11.8 Å². The number of benzene rings is 1. The van der Waals surface area contributed by atoms with E-state index in [-0.39, 0.29) is 0 Å². The molecular weight excluding hydrogens is 204 g/mol. The van der Waals surface area contributed by atoms with Gasteiger partial charge in [0.2, 0.25) is 0 Å². The van der Waals surface area contributed by atoms with Gasteiger partial charge in [0.1, 0.15) is 5.75 Å². The van der Waals surface area contributed by atoms with Crippen LogP contribution >= 0.6 is 11.8 Å². The Kier molecular flexibility index (Phi) is 4.52. The Balaban J connectivity index is 2.38. The van der Waals surface area contributed by atoms with Crippen molar-refractivity contribution in [2.75, 3.05) is 12.9 Å². The maximum Gasteiger partial charge on any atom is 0.118 e. The molecule has 0 saturated heterocycles.